The average Bonchev–Trinajstić information content (AvgIpc) is 2.83. The van der Waals surface area contributed by atoms with Crippen molar-refractivity contribution in [2.45, 2.75) is 24.9 Å². The van der Waals surface area contributed by atoms with Gasteiger partial charge in [0.1, 0.15) is 16.5 Å². The minimum Gasteiger partial charge on any atom is -0.506 e. The van der Waals surface area contributed by atoms with Crippen molar-refractivity contribution in [2.75, 3.05) is 0 Å². The van der Waals surface area contributed by atoms with E-state index in [1.54, 1.807) is 19.1 Å². The number of aromatic hydroxyl groups is 1. The number of halogens is 3. The van der Waals surface area contributed by atoms with Gasteiger partial charge in [0.25, 0.3) is 0 Å². The van der Waals surface area contributed by atoms with E-state index in [1.165, 1.54) is 40.7 Å². The molecule has 0 saturated heterocycles. The number of phenols is 1. The molecule has 0 saturated carbocycles. The molecule has 0 amide bonds. The molecule has 0 unspecified atom stereocenters. The van der Waals surface area contributed by atoms with Crippen LogP contribution in [-0.4, -0.2) is 17.8 Å². The number of aryl methyl sites for hydroxylation is 1. The molecule has 180 valence electrons. The molecule has 4 aromatic carbocycles. The highest BCUT2D eigenvalue weighted by Gasteiger charge is 2.29. The first-order valence-electron chi connectivity index (χ1n) is 10.7. The Morgan fingerprint density at radius 2 is 1.46 bits per heavy atom. The number of sulfonamides is 1. The van der Waals surface area contributed by atoms with Crippen molar-refractivity contribution in [3.63, 3.8) is 0 Å². The maximum Gasteiger partial charge on any atom is 0.247 e. The Kier molecular flexibility index (Phi) is 7.47. The Labute approximate surface area is 214 Å². The molecule has 0 radical (unpaired) electrons. The first-order valence-corrected chi connectivity index (χ1v) is 12.9. The van der Waals surface area contributed by atoms with Crippen LogP contribution in [0.2, 0.25) is 10.0 Å². The zero-order chi connectivity index (χ0) is 25.2. The Hall–Kier alpha value is -2.90. The number of nitrogens with zero attached hydrogens (tertiary/aromatic N) is 1. The number of rotatable bonds is 7. The van der Waals surface area contributed by atoms with Gasteiger partial charge >= 0.3 is 0 Å². The van der Waals surface area contributed by atoms with Gasteiger partial charge in [-0.3, -0.25) is 0 Å². The van der Waals surface area contributed by atoms with E-state index in [0.29, 0.717) is 16.1 Å². The summed E-state index contributed by atoms with van der Waals surface area (Å²) in [7, 11) is -4.18. The van der Waals surface area contributed by atoms with E-state index in [0.717, 1.165) is 16.7 Å². The summed E-state index contributed by atoms with van der Waals surface area (Å²) in [5.74, 6) is -0.768. The molecule has 0 aliphatic rings. The molecule has 8 heteroatoms. The molecule has 0 fully saturated rings. The van der Waals surface area contributed by atoms with Crippen molar-refractivity contribution in [3.8, 4) is 16.9 Å². The van der Waals surface area contributed by atoms with Gasteiger partial charge in [-0.25, -0.2) is 12.8 Å². The van der Waals surface area contributed by atoms with Gasteiger partial charge in [-0.1, -0.05) is 65.7 Å². The lowest BCUT2D eigenvalue weighted by molar-refractivity contribution is 0.394. The van der Waals surface area contributed by atoms with E-state index in [9.17, 15) is 17.9 Å². The summed E-state index contributed by atoms with van der Waals surface area (Å²) in [5, 5.41) is 11.4. The second-order valence-corrected chi connectivity index (χ2v) is 11.0. The van der Waals surface area contributed by atoms with Crippen LogP contribution >= 0.6 is 23.2 Å². The van der Waals surface area contributed by atoms with Crippen LogP contribution in [-0.2, 0) is 23.1 Å². The number of hydrogen-bond donors (Lipinski definition) is 1. The molecular weight excluding hydrogens is 508 g/mol. The van der Waals surface area contributed by atoms with Crippen LogP contribution < -0.4 is 0 Å². The van der Waals surface area contributed by atoms with Gasteiger partial charge in [0, 0.05) is 23.1 Å². The number of hydrogen-bond acceptors (Lipinski definition) is 3. The largest absolute Gasteiger partial charge is 0.506 e. The molecular formula is C27H22Cl2FNO3S. The molecule has 4 aromatic rings. The van der Waals surface area contributed by atoms with Gasteiger partial charge in [-0.05, 0) is 77.2 Å². The lowest BCUT2D eigenvalue weighted by Crippen LogP contribution is -2.30. The molecule has 4 nitrogen and oxygen atoms in total. The predicted octanol–water partition coefficient (Wildman–Crippen LogP) is 7.20. The molecule has 35 heavy (non-hydrogen) atoms. The van der Waals surface area contributed by atoms with Gasteiger partial charge in [-0.15, -0.1) is 0 Å². The van der Waals surface area contributed by atoms with Gasteiger partial charge in [0.2, 0.25) is 10.0 Å². The normalized spacial score (nSPS) is 11.7. The molecule has 0 bridgehead atoms. The minimum atomic E-state index is -4.18. The van der Waals surface area contributed by atoms with E-state index < -0.39 is 15.8 Å². The molecule has 0 aromatic heterocycles. The van der Waals surface area contributed by atoms with E-state index >= 15 is 0 Å². The summed E-state index contributed by atoms with van der Waals surface area (Å²) in [5.41, 5.74) is 3.53. The summed E-state index contributed by atoms with van der Waals surface area (Å²) in [6.45, 7) is 1.57. The zero-order valence-electron chi connectivity index (χ0n) is 18.8. The summed E-state index contributed by atoms with van der Waals surface area (Å²) in [6.07, 6.45) is 0. The third kappa shape index (κ3) is 5.85. The van der Waals surface area contributed by atoms with Crippen LogP contribution in [0.1, 0.15) is 16.7 Å². The summed E-state index contributed by atoms with van der Waals surface area (Å²) < 4.78 is 42.2. The minimum absolute atomic E-state index is 0.0200. The monoisotopic (exact) mass is 529 g/mol. The zero-order valence-corrected chi connectivity index (χ0v) is 21.1. The fourth-order valence-corrected chi connectivity index (χ4v) is 5.82. The Balaban J connectivity index is 1.75. The Morgan fingerprint density at radius 1 is 0.800 bits per heavy atom. The molecule has 0 aliphatic carbocycles. The van der Waals surface area contributed by atoms with Crippen molar-refractivity contribution in [2.24, 2.45) is 0 Å². The van der Waals surface area contributed by atoms with E-state index in [1.807, 2.05) is 36.4 Å². The van der Waals surface area contributed by atoms with Crippen LogP contribution in [0.5, 0.6) is 5.75 Å². The van der Waals surface area contributed by atoms with E-state index in [4.69, 9.17) is 23.2 Å². The van der Waals surface area contributed by atoms with Crippen LogP contribution in [0, 0.1) is 12.7 Å². The third-order valence-corrected chi connectivity index (χ3v) is 7.86. The Bertz CT molecular complexity index is 1460. The topological polar surface area (TPSA) is 57.6 Å². The summed E-state index contributed by atoms with van der Waals surface area (Å²) in [6, 6.07) is 23.2. The van der Waals surface area contributed by atoms with Crippen molar-refractivity contribution in [1.29, 1.82) is 0 Å². The van der Waals surface area contributed by atoms with E-state index in [2.05, 4.69) is 0 Å². The van der Waals surface area contributed by atoms with Crippen molar-refractivity contribution in [1.82, 2.24) is 4.31 Å². The quantitative estimate of drug-likeness (QED) is 0.275. The lowest BCUT2D eigenvalue weighted by atomic mass is 10.0. The maximum atomic E-state index is 13.7. The highest BCUT2D eigenvalue weighted by Crippen LogP contribution is 2.34. The maximum absolute atomic E-state index is 13.7. The van der Waals surface area contributed by atoms with Crippen LogP contribution in [0.15, 0.2) is 89.8 Å². The average molecular weight is 530 g/mol. The molecule has 4 rings (SSSR count). The predicted molar refractivity (Wildman–Crippen MR) is 138 cm³/mol. The molecule has 0 aliphatic heterocycles. The fraction of sp³-hybridized carbons (Fsp3) is 0.111. The summed E-state index contributed by atoms with van der Waals surface area (Å²) >= 11 is 12.1. The first-order chi connectivity index (χ1) is 16.6. The van der Waals surface area contributed by atoms with Gasteiger partial charge in [-0.2, -0.15) is 4.31 Å². The van der Waals surface area contributed by atoms with Gasteiger partial charge in [0.15, 0.2) is 0 Å². The SMILES string of the molecule is Cc1cc(Cl)cc(S(=O)(=O)N(Cc2ccc(F)cc2)Cc2cccc(-c3ccc(Cl)cc3)c2)c1O. The second kappa shape index (κ2) is 10.4. The first kappa shape index (κ1) is 25.2. The van der Waals surface area contributed by atoms with Crippen LogP contribution in [0.3, 0.4) is 0 Å². The molecule has 0 heterocycles. The van der Waals surface area contributed by atoms with E-state index in [-0.39, 0.29) is 28.8 Å². The van der Waals surface area contributed by atoms with Crippen molar-refractivity contribution < 1.29 is 17.9 Å². The third-order valence-electron chi connectivity index (χ3n) is 5.58. The number of benzene rings is 4. The highest BCUT2D eigenvalue weighted by molar-refractivity contribution is 7.89. The number of phenolic OH excluding ortho intramolecular Hbond substituents is 1. The second-order valence-electron chi connectivity index (χ2n) is 8.18. The smallest absolute Gasteiger partial charge is 0.247 e. The highest BCUT2D eigenvalue weighted by atomic mass is 35.5. The Morgan fingerprint density at radius 3 is 2.14 bits per heavy atom. The molecule has 0 atom stereocenters. The summed E-state index contributed by atoms with van der Waals surface area (Å²) in [4.78, 5) is -0.279. The van der Waals surface area contributed by atoms with Crippen molar-refractivity contribution in [3.05, 3.63) is 117 Å². The molecule has 1 N–H and O–H groups in total. The van der Waals surface area contributed by atoms with Crippen LogP contribution in [0.25, 0.3) is 11.1 Å². The van der Waals surface area contributed by atoms with Gasteiger partial charge < -0.3 is 5.11 Å². The standard InChI is InChI=1S/C27H22Cl2FNO3S/c1-18-13-24(29)15-26(27(18)32)35(33,34)31(16-19-5-11-25(30)12-6-19)17-20-3-2-4-22(14-20)21-7-9-23(28)10-8-21/h2-15,32H,16-17H2,1H3. The van der Waals surface area contributed by atoms with Crippen molar-refractivity contribution >= 4 is 33.2 Å². The fourth-order valence-electron chi connectivity index (χ4n) is 3.76. The van der Waals surface area contributed by atoms with Crippen LogP contribution in [0.4, 0.5) is 4.39 Å². The van der Waals surface area contributed by atoms with Gasteiger partial charge in [0.05, 0.1) is 0 Å². The lowest BCUT2D eigenvalue weighted by Gasteiger charge is -2.24. The molecule has 0 spiro atoms.